The van der Waals surface area contributed by atoms with Crippen LogP contribution in [-0.4, -0.2) is 29.3 Å². The third kappa shape index (κ3) is 5.07. The van der Waals surface area contributed by atoms with E-state index >= 15 is 0 Å². The molecule has 1 N–H and O–H groups in total. The summed E-state index contributed by atoms with van der Waals surface area (Å²) in [6.07, 6.45) is 1.01. The summed E-state index contributed by atoms with van der Waals surface area (Å²) >= 11 is 0. The van der Waals surface area contributed by atoms with E-state index in [1.807, 2.05) is 56.3 Å². The van der Waals surface area contributed by atoms with Gasteiger partial charge in [-0.2, -0.15) is 0 Å². The van der Waals surface area contributed by atoms with Crippen molar-refractivity contribution in [1.29, 1.82) is 0 Å². The van der Waals surface area contributed by atoms with Crippen LogP contribution in [0.4, 0.5) is 0 Å². The third-order valence-corrected chi connectivity index (χ3v) is 5.61. The molecule has 4 nitrogen and oxygen atoms in total. The zero-order valence-electron chi connectivity index (χ0n) is 18.0. The minimum atomic E-state index is -0.524. The third-order valence-electron chi connectivity index (χ3n) is 5.61. The van der Waals surface area contributed by atoms with Gasteiger partial charge < -0.3 is 10.2 Å². The topological polar surface area (TPSA) is 49.4 Å². The second-order valence-corrected chi connectivity index (χ2v) is 7.66. The summed E-state index contributed by atoms with van der Waals surface area (Å²) in [4.78, 5) is 27.5. The van der Waals surface area contributed by atoms with Gasteiger partial charge >= 0.3 is 0 Å². The monoisotopic (exact) mass is 402 g/mol. The van der Waals surface area contributed by atoms with Gasteiger partial charge in [-0.25, -0.2) is 0 Å². The van der Waals surface area contributed by atoms with Gasteiger partial charge in [0, 0.05) is 19.5 Å². The number of nitrogens with zero attached hydrogens (tertiary/aromatic N) is 1. The molecule has 0 saturated carbocycles. The number of fused-ring (bicyclic) bond motifs is 1. The van der Waals surface area contributed by atoms with Crippen LogP contribution < -0.4 is 5.32 Å². The SMILES string of the molecule is CCNC(=O)[C@@H](C)N(Cc1ccccc1C)C(=O)CCc1cccc2ccccc12. The molecule has 3 aromatic carbocycles. The first-order valence-corrected chi connectivity index (χ1v) is 10.6. The molecular weight excluding hydrogens is 372 g/mol. The molecule has 0 heterocycles. The highest BCUT2D eigenvalue weighted by Crippen LogP contribution is 2.21. The fourth-order valence-corrected chi connectivity index (χ4v) is 3.77. The van der Waals surface area contributed by atoms with Crippen LogP contribution in [0.5, 0.6) is 0 Å². The number of carbonyl (C=O) groups excluding carboxylic acids is 2. The summed E-state index contributed by atoms with van der Waals surface area (Å²) in [5.41, 5.74) is 3.34. The first-order chi connectivity index (χ1) is 14.5. The van der Waals surface area contributed by atoms with Gasteiger partial charge in [-0.05, 0) is 54.7 Å². The van der Waals surface area contributed by atoms with Crippen molar-refractivity contribution in [3.05, 3.63) is 83.4 Å². The van der Waals surface area contributed by atoms with Crippen molar-refractivity contribution in [2.24, 2.45) is 0 Å². The van der Waals surface area contributed by atoms with Crippen molar-refractivity contribution in [2.45, 2.75) is 46.2 Å². The lowest BCUT2D eigenvalue weighted by Gasteiger charge is -2.29. The Labute approximate surface area is 178 Å². The van der Waals surface area contributed by atoms with Crippen LogP contribution in [0, 0.1) is 6.92 Å². The normalized spacial score (nSPS) is 11.8. The van der Waals surface area contributed by atoms with E-state index < -0.39 is 6.04 Å². The number of hydrogen-bond donors (Lipinski definition) is 1. The van der Waals surface area contributed by atoms with Gasteiger partial charge in [0.2, 0.25) is 11.8 Å². The molecule has 0 spiro atoms. The molecule has 3 aromatic rings. The molecule has 30 heavy (non-hydrogen) atoms. The molecule has 3 rings (SSSR count). The molecule has 0 fully saturated rings. The number of aryl methyl sites for hydroxylation is 2. The van der Waals surface area contributed by atoms with E-state index in [0.29, 0.717) is 25.9 Å². The van der Waals surface area contributed by atoms with E-state index in [2.05, 4.69) is 29.6 Å². The number of carbonyl (C=O) groups is 2. The van der Waals surface area contributed by atoms with Crippen molar-refractivity contribution in [3.63, 3.8) is 0 Å². The molecule has 0 aromatic heterocycles. The van der Waals surface area contributed by atoms with Crippen molar-refractivity contribution in [1.82, 2.24) is 10.2 Å². The Morgan fingerprint density at radius 1 is 0.933 bits per heavy atom. The summed E-state index contributed by atoms with van der Waals surface area (Å²) in [5, 5.41) is 5.20. The summed E-state index contributed by atoms with van der Waals surface area (Å²) < 4.78 is 0. The molecule has 0 aliphatic heterocycles. The maximum absolute atomic E-state index is 13.3. The Morgan fingerprint density at radius 2 is 1.60 bits per heavy atom. The second kappa shape index (κ2) is 10.1. The number of hydrogen-bond acceptors (Lipinski definition) is 2. The average molecular weight is 403 g/mol. The van der Waals surface area contributed by atoms with Crippen LogP contribution in [0.2, 0.25) is 0 Å². The maximum Gasteiger partial charge on any atom is 0.242 e. The zero-order valence-corrected chi connectivity index (χ0v) is 18.0. The summed E-state index contributed by atoms with van der Waals surface area (Å²) in [7, 11) is 0. The Hall–Kier alpha value is -3.14. The largest absolute Gasteiger partial charge is 0.355 e. The van der Waals surface area contributed by atoms with E-state index in [4.69, 9.17) is 0 Å². The lowest BCUT2D eigenvalue weighted by molar-refractivity contribution is -0.140. The fraction of sp³-hybridized carbons (Fsp3) is 0.308. The van der Waals surface area contributed by atoms with E-state index in [1.54, 1.807) is 11.8 Å². The van der Waals surface area contributed by atoms with Gasteiger partial charge in [-0.15, -0.1) is 0 Å². The highest BCUT2D eigenvalue weighted by atomic mass is 16.2. The Kier molecular flexibility index (Phi) is 7.23. The molecule has 0 aliphatic rings. The smallest absolute Gasteiger partial charge is 0.242 e. The van der Waals surface area contributed by atoms with Crippen LogP contribution in [0.1, 0.15) is 37.0 Å². The number of benzene rings is 3. The Balaban J connectivity index is 1.80. The molecule has 0 radical (unpaired) electrons. The van der Waals surface area contributed by atoms with Gasteiger partial charge in [-0.3, -0.25) is 9.59 Å². The predicted molar refractivity (Wildman–Crippen MR) is 122 cm³/mol. The molecule has 1 atom stereocenters. The number of nitrogens with one attached hydrogen (secondary N) is 1. The average Bonchev–Trinajstić information content (AvgIpc) is 2.76. The fourth-order valence-electron chi connectivity index (χ4n) is 3.77. The molecule has 0 unspecified atom stereocenters. The van der Waals surface area contributed by atoms with Gasteiger partial charge in [0.05, 0.1) is 0 Å². The van der Waals surface area contributed by atoms with Crippen LogP contribution in [0.3, 0.4) is 0 Å². The summed E-state index contributed by atoms with van der Waals surface area (Å²) in [6.45, 7) is 6.70. The Bertz CT molecular complexity index is 1020. The maximum atomic E-state index is 13.3. The minimum absolute atomic E-state index is 0.00931. The first-order valence-electron chi connectivity index (χ1n) is 10.6. The highest BCUT2D eigenvalue weighted by Gasteiger charge is 2.26. The minimum Gasteiger partial charge on any atom is -0.355 e. The zero-order chi connectivity index (χ0) is 21.5. The molecule has 2 amide bonds. The Morgan fingerprint density at radius 3 is 2.37 bits per heavy atom. The molecule has 4 heteroatoms. The molecule has 156 valence electrons. The van der Waals surface area contributed by atoms with Crippen LogP contribution in [0.25, 0.3) is 10.8 Å². The second-order valence-electron chi connectivity index (χ2n) is 7.66. The lowest BCUT2D eigenvalue weighted by Crippen LogP contribution is -2.47. The van der Waals surface area contributed by atoms with Crippen LogP contribution in [0.15, 0.2) is 66.7 Å². The molecule has 0 aliphatic carbocycles. The first kappa shape index (κ1) is 21.6. The van der Waals surface area contributed by atoms with Crippen molar-refractivity contribution >= 4 is 22.6 Å². The van der Waals surface area contributed by atoms with Gasteiger partial charge in [0.15, 0.2) is 0 Å². The van der Waals surface area contributed by atoms with Crippen LogP contribution in [-0.2, 0) is 22.6 Å². The van der Waals surface area contributed by atoms with Gasteiger partial charge in [0.1, 0.15) is 6.04 Å². The van der Waals surface area contributed by atoms with Crippen LogP contribution >= 0.6 is 0 Å². The summed E-state index contributed by atoms with van der Waals surface area (Å²) in [5.74, 6) is -0.130. The van der Waals surface area contributed by atoms with Gasteiger partial charge in [0.25, 0.3) is 0 Å². The quantitative estimate of drug-likeness (QED) is 0.597. The molecule has 0 saturated heterocycles. The lowest BCUT2D eigenvalue weighted by atomic mass is 10.00. The molecular formula is C26H30N2O2. The van der Waals surface area contributed by atoms with Crippen molar-refractivity contribution in [3.8, 4) is 0 Å². The summed E-state index contributed by atoms with van der Waals surface area (Å²) in [6, 6.07) is 21.9. The van der Waals surface area contributed by atoms with E-state index in [9.17, 15) is 9.59 Å². The standard InChI is InChI=1S/C26H30N2O2/c1-4-27-26(30)20(3)28(18-23-12-6-5-10-19(23)2)25(29)17-16-22-14-9-13-21-11-7-8-15-24(21)22/h5-15,20H,4,16-18H2,1-3H3,(H,27,30)/t20-/m1/s1. The number of likely N-dealkylation sites (N-methyl/N-ethyl adjacent to an activating group) is 1. The molecule has 0 bridgehead atoms. The number of amides is 2. The van der Waals surface area contributed by atoms with Gasteiger partial charge in [-0.1, -0.05) is 66.7 Å². The predicted octanol–water partition coefficient (Wildman–Crippen LogP) is 4.63. The van der Waals surface area contributed by atoms with Crippen molar-refractivity contribution < 1.29 is 9.59 Å². The van der Waals surface area contributed by atoms with E-state index in [0.717, 1.165) is 16.7 Å². The van der Waals surface area contributed by atoms with Crippen molar-refractivity contribution in [2.75, 3.05) is 6.54 Å². The van der Waals surface area contributed by atoms with E-state index in [-0.39, 0.29) is 11.8 Å². The highest BCUT2D eigenvalue weighted by molar-refractivity contribution is 5.88. The number of rotatable bonds is 8. The van der Waals surface area contributed by atoms with E-state index in [1.165, 1.54) is 10.8 Å².